The number of hydrogen-bond donors (Lipinski definition) is 2. The van der Waals surface area contributed by atoms with Crippen LogP contribution in [0.25, 0.3) is 0 Å². The highest BCUT2D eigenvalue weighted by Gasteiger charge is 2.20. The van der Waals surface area contributed by atoms with E-state index in [1.807, 2.05) is 11.4 Å². The second-order valence-electron chi connectivity index (χ2n) is 7.77. The van der Waals surface area contributed by atoms with Crippen molar-refractivity contribution in [3.8, 4) is 11.5 Å². The van der Waals surface area contributed by atoms with Crippen molar-refractivity contribution in [1.29, 1.82) is 0 Å². The molecule has 3 aromatic rings. The first kappa shape index (κ1) is 22.8. The fourth-order valence-corrected chi connectivity index (χ4v) is 4.57. The van der Waals surface area contributed by atoms with Gasteiger partial charge in [-0.15, -0.1) is 0 Å². The molecular formula is C25H27N3O4S. The summed E-state index contributed by atoms with van der Waals surface area (Å²) in [4.78, 5) is 27.5. The Morgan fingerprint density at radius 1 is 1.03 bits per heavy atom. The molecule has 1 aromatic heterocycles. The molecule has 1 aliphatic heterocycles. The molecule has 2 aromatic carbocycles. The number of nitrogens with zero attached hydrogens (tertiary/aromatic N) is 1. The van der Waals surface area contributed by atoms with E-state index in [4.69, 9.17) is 9.47 Å². The minimum Gasteiger partial charge on any atom is -0.493 e. The number of ether oxygens (including phenoxy) is 2. The number of hydrogen-bond acceptors (Lipinski definition) is 6. The Labute approximate surface area is 197 Å². The summed E-state index contributed by atoms with van der Waals surface area (Å²) in [6, 6.07) is 12.9. The standard InChI is InChI=1S/C25H27N3O4S/c1-31-22-13-17-7-10-28(15-19(17)14-23(22)32-2)11-9-26-25(30)20-5-3-4-6-21(20)27-24(29)18-8-12-33-16-18/h3-6,8,12-14,16H,7,9-11,15H2,1-2H3,(H,26,30)(H,27,29). The van der Waals surface area contributed by atoms with Crippen LogP contribution in [-0.2, 0) is 13.0 Å². The highest BCUT2D eigenvalue weighted by Crippen LogP contribution is 2.33. The van der Waals surface area contributed by atoms with Crippen molar-refractivity contribution in [3.05, 3.63) is 75.5 Å². The van der Waals surface area contributed by atoms with Gasteiger partial charge >= 0.3 is 0 Å². The van der Waals surface area contributed by atoms with Crippen LogP contribution in [0.15, 0.2) is 53.2 Å². The quantitative estimate of drug-likeness (QED) is 0.529. The normalized spacial score (nSPS) is 13.2. The van der Waals surface area contributed by atoms with Crippen LogP contribution in [0, 0.1) is 0 Å². The van der Waals surface area contributed by atoms with Gasteiger partial charge in [0, 0.05) is 31.6 Å². The molecule has 4 rings (SSSR count). The molecule has 33 heavy (non-hydrogen) atoms. The molecule has 2 amide bonds. The number of carbonyl (C=O) groups is 2. The van der Waals surface area contributed by atoms with Crippen molar-refractivity contribution < 1.29 is 19.1 Å². The average molecular weight is 466 g/mol. The van der Waals surface area contributed by atoms with Gasteiger partial charge in [0.2, 0.25) is 0 Å². The molecule has 0 atom stereocenters. The first-order chi connectivity index (χ1) is 16.1. The van der Waals surface area contributed by atoms with Gasteiger partial charge in [-0.25, -0.2) is 0 Å². The van der Waals surface area contributed by atoms with E-state index in [0.717, 1.165) is 37.6 Å². The van der Waals surface area contributed by atoms with Gasteiger partial charge in [-0.1, -0.05) is 12.1 Å². The lowest BCUT2D eigenvalue weighted by atomic mass is 9.99. The van der Waals surface area contributed by atoms with Crippen LogP contribution >= 0.6 is 11.3 Å². The Bertz CT molecular complexity index is 1130. The number of benzene rings is 2. The zero-order chi connectivity index (χ0) is 23.2. The maximum atomic E-state index is 12.8. The highest BCUT2D eigenvalue weighted by molar-refractivity contribution is 7.08. The number of methoxy groups -OCH3 is 2. The summed E-state index contributed by atoms with van der Waals surface area (Å²) in [6.07, 6.45) is 0.918. The van der Waals surface area contributed by atoms with Crippen molar-refractivity contribution in [2.24, 2.45) is 0 Å². The molecule has 0 spiro atoms. The maximum absolute atomic E-state index is 12.8. The first-order valence-electron chi connectivity index (χ1n) is 10.8. The number of amides is 2. The van der Waals surface area contributed by atoms with Gasteiger partial charge in [0.05, 0.1) is 31.0 Å². The van der Waals surface area contributed by atoms with Gasteiger partial charge in [-0.2, -0.15) is 11.3 Å². The average Bonchev–Trinajstić information content (AvgIpc) is 3.38. The van der Waals surface area contributed by atoms with Gasteiger partial charge in [0.15, 0.2) is 11.5 Å². The van der Waals surface area contributed by atoms with Crippen molar-refractivity contribution in [2.75, 3.05) is 39.2 Å². The third kappa shape index (κ3) is 5.35. The summed E-state index contributed by atoms with van der Waals surface area (Å²) in [7, 11) is 3.29. The van der Waals surface area contributed by atoms with Crippen LogP contribution in [0.4, 0.5) is 5.69 Å². The van der Waals surface area contributed by atoms with Crippen LogP contribution in [-0.4, -0.2) is 50.6 Å². The molecule has 7 nitrogen and oxygen atoms in total. The minimum absolute atomic E-state index is 0.208. The molecule has 2 N–H and O–H groups in total. The topological polar surface area (TPSA) is 79.9 Å². The lowest BCUT2D eigenvalue weighted by Gasteiger charge is -2.29. The minimum atomic E-state index is -0.226. The Balaban J connectivity index is 1.34. The number of nitrogens with one attached hydrogen (secondary N) is 2. The smallest absolute Gasteiger partial charge is 0.256 e. The van der Waals surface area contributed by atoms with E-state index in [1.54, 1.807) is 49.9 Å². The Hall–Kier alpha value is -3.36. The SMILES string of the molecule is COc1cc2c(cc1OC)CN(CCNC(=O)c1ccccc1NC(=O)c1ccsc1)CC2. The molecule has 2 heterocycles. The summed E-state index contributed by atoms with van der Waals surface area (Å²) < 4.78 is 10.8. The van der Waals surface area contributed by atoms with Crippen molar-refractivity contribution in [2.45, 2.75) is 13.0 Å². The third-order valence-electron chi connectivity index (χ3n) is 5.71. The van der Waals surface area contributed by atoms with E-state index in [1.165, 1.54) is 22.5 Å². The van der Waals surface area contributed by atoms with Crippen LogP contribution in [0.1, 0.15) is 31.8 Å². The molecule has 8 heteroatoms. The number of fused-ring (bicyclic) bond motifs is 1. The lowest BCUT2D eigenvalue weighted by Crippen LogP contribution is -2.38. The largest absolute Gasteiger partial charge is 0.493 e. The summed E-state index contributed by atoms with van der Waals surface area (Å²) in [5, 5.41) is 9.45. The molecule has 0 bridgehead atoms. The van der Waals surface area contributed by atoms with E-state index >= 15 is 0 Å². The van der Waals surface area contributed by atoms with Crippen LogP contribution in [0.3, 0.4) is 0 Å². The van der Waals surface area contributed by atoms with E-state index < -0.39 is 0 Å². The number of thiophene rings is 1. The summed E-state index contributed by atoms with van der Waals surface area (Å²) in [6.45, 7) is 2.93. The zero-order valence-electron chi connectivity index (χ0n) is 18.7. The molecule has 0 saturated carbocycles. The number of anilines is 1. The van der Waals surface area contributed by atoms with E-state index in [9.17, 15) is 9.59 Å². The van der Waals surface area contributed by atoms with Crippen LogP contribution < -0.4 is 20.1 Å². The van der Waals surface area contributed by atoms with Gasteiger partial charge in [-0.05, 0) is 53.3 Å². The van der Waals surface area contributed by atoms with Crippen LogP contribution in [0.2, 0.25) is 0 Å². The van der Waals surface area contributed by atoms with Crippen molar-refractivity contribution in [1.82, 2.24) is 10.2 Å². The number of para-hydroxylation sites is 1. The van der Waals surface area contributed by atoms with Crippen molar-refractivity contribution >= 4 is 28.8 Å². The Morgan fingerprint density at radius 2 is 1.79 bits per heavy atom. The Morgan fingerprint density at radius 3 is 2.52 bits per heavy atom. The van der Waals surface area contributed by atoms with E-state index in [2.05, 4.69) is 21.6 Å². The van der Waals surface area contributed by atoms with Gasteiger partial charge in [0.1, 0.15) is 0 Å². The Kier molecular flexibility index (Phi) is 7.26. The first-order valence-corrected chi connectivity index (χ1v) is 11.7. The van der Waals surface area contributed by atoms with Gasteiger partial charge in [-0.3, -0.25) is 14.5 Å². The molecule has 0 saturated heterocycles. The fraction of sp³-hybridized carbons (Fsp3) is 0.280. The van der Waals surface area contributed by atoms with E-state index in [-0.39, 0.29) is 11.8 Å². The summed E-state index contributed by atoms with van der Waals surface area (Å²) >= 11 is 1.46. The van der Waals surface area contributed by atoms with Crippen LogP contribution in [0.5, 0.6) is 11.5 Å². The van der Waals surface area contributed by atoms with Crippen molar-refractivity contribution in [3.63, 3.8) is 0 Å². The molecule has 0 fully saturated rings. The molecule has 172 valence electrons. The summed E-state index contributed by atoms with van der Waals surface area (Å²) in [5.41, 5.74) is 4.01. The molecule has 0 aliphatic carbocycles. The second kappa shape index (κ2) is 10.5. The predicted octanol–water partition coefficient (Wildman–Crippen LogP) is 3.81. The highest BCUT2D eigenvalue weighted by atomic mass is 32.1. The summed E-state index contributed by atoms with van der Waals surface area (Å²) in [5.74, 6) is 1.05. The van der Waals surface area contributed by atoms with E-state index in [0.29, 0.717) is 23.4 Å². The third-order valence-corrected chi connectivity index (χ3v) is 6.40. The predicted molar refractivity (Wildman–Crippen MR) is 130 cm³/mol. The molecule has 0 unspecified atom stereocenters. The lowest BCUT2D eigenvalue weighted by molar-refractivity contribution is 0.0948. The second-order valence-corrected chi connectivity index (χ2v) is 8.55. The fourth-order valence-electron chi connectivity index (χ4n) is 3.93. The molecule has 1 aliphatic rings. The number of rotatable bonds is 8. The molecular weight excluding hydrogens is 438 g/mol. The molecule has 0 radical (unpaired) electrons. The number of carbonyl (C=O) groups excluding carboxylic acids is 2. The maximum Gasteiger partial charge on any atom is 0.256 e. The van der Waals surface area contributed by atoms with Gasteiger partial charge in [0.25, 0.3) is 11.8 Å². The zero-order valence-corrected chi connectivity index (χ0v) is 19.5. The monoisotopic (exact) mass is 465 g/mol. The van der Waals surface area contributed by atoms with Gasteiger partial charge < -0.3 is 20.1 Å².